The summed E-state index contributed by atoms with van der Waals surface area (Å²) in [5.41, 5.74) is 7.89. The second-order valence-electron chi connectivity index (χ2n) is 27.3. The number of fused-ring (bicyclic) bond motifs is 2. The molecule has 6 aliphatic rings. The van der Waals surface area contributed by atoms with Crippen molar-refractivity contribution in [1.29, 1.82) is 0 Å². The third kappa shape index (κ3) is 15.8. The Bertz CT molecular complexity index is 4790. The molecule has 0 bridgehead atoms. The first-order valence-corrected chi connectivity index (χ1v) is 38.3. The summed E-state index contributed by atoms with van der Waals surface area (Å²) < 4.78 is 25.5. The predicted molar refractivity (Wildman–Crippen MR) is 412 cm³/mol. The molecule has 544 valence electrons. The SMILES string of the molecule is C=C(O)C(C)(C)Cc1ccc(-c2csc(N3C[C@@H]4CN(CC5=C(C(=O)OC)[C@H](c6ccc(Cl)cc6Cl)N=C(c6nccs6)N5)CCN4C3=O)n2)cc1.CCOC(=O)C1=C(CN2CCN3C(=O)N(c4ccc(-c5ccc(C(C)(C)C(C)=O)cc5)cn4)C[C@@H]3C2)NC(c2nccs2)=N[C@H]1c1ccc(F)cc1Br. The molecule has 0 radical (unpaired) electrons. The Morgan fingerprint density at radius 3 is 1.82 bits per heavy atom. The summed E-state index contributed by atoms with van der Waals surface area (Å²) >= 11 is 20.7. The zero-order chi connectivity index (χ0) is 74.2. The summed E-state index contributed by atoms with van der Waals surface area (Å²) in [4.78, 5) is 107. The van der Waals surface area contributed by atoms with Crippen LogP contribution in [0.5, 0.6) is 0 Å². The highest BCUT2D eigenvalue weighted by Gasteiger charge is 2.46. The maximum atomic E-state index is 14.2. The summed E-state index contributed by atoms with van der Waals surface area (Å²) in [5, 5.41) is 25.3. The number of Topliss-reactive ketones (excluding diaryl/α,β-unsaturated/α-hetero) is 1. The number of thiazole rings is 3. The van der Waals surface area contributed by atoms with Crippen molar-refractivity contribution in [3.63, 3.8) is 0 Å². The van der Waals surface area contributed by atoms with E-state index in [2.05, 4.69) is 57.9 Å². The number of aliphatic imine (C=N–C) groups is 2. The number of aromatic nitrogens is 4. The molecule has 4 amide bonds. The molecule has 0 spiro atoms. The minimum atomic E-state index is -0.775. The number of amidine groups is 2. The molecule has 0 aliphatic carbocycles. The van der Waals surface area contributed by atoms with E-state index >= 15 is 0 Å². The third-order valence-electron chi connectivity index (χ3n) is 19.8. The largest absolute Gasteiger partial charge is 0.512 e. The molecule has 8 aromatic rings. The fourth-order valence-corrected chi connectivity index (χ4v) is 16.7. The standard InChI is InChI=1S/C39H39BrFN7O4S.C37H37Cl2N7O4S2/c1-5-52-37(50)33-31(44-35(36-42-14-17-53-36)45-34(33)29-12-11-27(41)18-30(29)40)22-46-15-16-47-28(20-46)21-48(38(47)51)32-13-8-25(19-43-32)24-6-9-26(10-7-24)39(3,4)23(2)49;1-21(47)37(2,3)16-22-5-7-23(8-6-22)29-20-52-35(42-29)46-18-25-17-44(12-13-45(25)36(46)49)19-28-30(34(48)50-4)31(26-10-9-24(38)15-27(26)39)43-32(41-28)33-40-11-14-51-33/h6-14,17-19,28,34H,5,15-16,20-22H2,1-4H3,(H,44,45);5-11,14-15,20,25,31,47H,1,12-13,16-19H2,2-4H3,(H,41,43)/t28-,34-;25-,31-/m00/s1. The molecule has 14 rings (SSSR count). The number of urea groups is 2. The van der Waals surface area contributed by atoms with Gasteiger partial charge in [0.25, 0.3) is 0 Å². The number of esters is 2. The van der Waals surface area contributed by atoms with Crippen molar-refractivity contribution >= 4 is 126 Å². The van der Waals surface area contributed by atoms with Gasteiger partial charge in [0.2, 0.25) is 0 Å². The zero-order valence-electron chi connectivity index (χ0n) is 58.6. The molecule has 0 saturated carbocycles. The Hall–Kier alpha value is -9.06. The topological polar surface area (TPSA) is 244 Å². The number of nitrogens with one attached hydrogen (secondary N) is 2. The molecule has 4 fully saturated rings. The van der Waals surface area contributed by atoms with Gasteiger partial charge in [0.05, 0.1) is 61.5 Å². The number of ether oxygens (including phenoxy) is 2. The van der Waals surface area contributed by atoms with Crippen LogP contribution in [0.4, 0.5) is 24.9 Å². The number of carbonyl (C=O) groups excluding carboxylic acids is 5. The molecule has 4 saturated heterocycles. The smallest absolute Gasteiger partial charge is 0.338 e. The number of carbonyl (C=O) groups is 5. The van der Waals surface area contributed by atoms with Crippen molar-refractivity contribution in [3.8, 4) is 22.4 Å². The van der Waals surface area contributed by atoms with Gasteiger partial charge in [-0.15, -0.1) is 34.0 Å². The number of nitrogens with zero attached hydrogens (tertiary/aromatic N) is 12. The van der Waals surface area contributed by atoms with Gasteiger partial charge in [0, 0.05) is 141 Å². The van der Waals surface area contributed by atoms with Crippen molar-refractivity contribution in [3.05, 3.63) is 219 Å². The molecule has 10 heterocycles. The number of pyridine rings is 1. The Balaban J connectivity index is 0.000000186. The molecular formula is C76H76BrCl2FN14O8S3. The van der Waals surface area contributed by atoms with E-state index in [4.69, 9.17) is 47.6 Å². The quantitative estimate of drug-likeness (QED) is 0.0474. The van der Waals surface area contributed by atoms with E-state index in [9.17, 15) is 33.5 Å². The number of rotatable bonds is 20. The zero-order valence-corrected chi connectivity index (χ0v) is 64.2. The lowest BCUT2D eigenvalue weighted by Gasteiger charge is -2.38. The number of piperazine rings is 2. The Kier molecular flexibility index (Phi) is 22.0. The Labute approximate surface area is 637 Å². The highest BCUT2D eigenvalue weighted by molar-refractivity contribution is 9.10. The van der Waals surface area contributed by atoms with Crippen molar-refractivity contribution in [1.82, 2.24) is 50.2 Å². The molecule has 0 unspecified atom stereocenters. The van der Waals surface area contributed by atoms with Gasteiger partial charge < -0.3 is 35.0 Å². The Morgan fingerprint density at radius 1 is 0.705 bits per heavy atom. The molecule has 29 heteroatoms. The fraction of sp³-hybridized carbons (Fsp3) is 0.329. The van der Waals surface area contributed by atoms with Crippen LogP contribution in [0.2, 0.25) is 10.0 Å². The first-order chi connectivity index (χ1) is 50.3. The van der Waals surface area contributed by atoms with E-state index in [1.165, 1.54) is 53.3 Å². The van der Waals surface area contributed by atoms with E-state index in [0.29, 0.717) is 153 Å². The predicted octanol–water partition coefficient (Wildman–Crippen LogP) is 13.9. The summed E-state index contributed by atoms with van der Waals surface area (Å²) in [6.07, 6.45) is 5.83. The lowest BCUT2D eigenvalue weighted by atomic mass is 9.81. The van der Waals surface area contributed by atoms with Gasteiger partial charge >= 0.3 is 24.0 Å². The van der Waals surface area contributed by atoms with E-state index < -0.39 is 40.7 Å². The van der Waals surface area contributed by atoms with Gasteiger partial charge in [-0.3, -0.25) is 34.4 Å². The van der Waals surface area contributed by atoms with E-state index in [-0.39, 0.29) is 42.3 Å². The second kappa shape index (κ2) is 31.2. The number of anilines is 2. The second-order valence-corrected chi connectivity index (χ2v) is 31.7. The van der Waals surface area contributed by atoms with Crippen molar-refractivity contribution < 1.29 is 42.9 Å². The molecular weight excluding hydrogens is 1500 g/mol. The van der Waals surface area contributed by atoms with Gasteiger partial charge in [-0.05, 0) is 92.8 Å². The highest BCUT2D eigenvalue weighted by Crippen LogP contribution is 2.42. The first-order valence-electron chi connectivity index (χ1n) is 34.1. The molecule has 6 aliphatic heterocycles. The van der Waals surface area contributed by atoms with Crippen LogP contribution >= 0.6 is 73.1 Å². The summed E-state index contributed by atoms with van der Waals surface area (Å²) in [7, 11) is 1.35. The minimum absolute atomic E-state index is 0.0618. The van der Waals surface area contributed by atoms with Gasteiger partial charge in [0.15, 0.2) is 26.8 Å². The maximum absolute atomic E-state index is 14.2. The van der Waals surface area contributed by atoms with Crippen LogP contribution in [0, 0.1) is 11.2 Å². The Morgan fingerprint density at radius 2 is 1.28 bits per heavy atom. The molecule has 4 atom stereocenters. The van der Waals surface area contributed by atoms with Crippen LogP contribution in [0.15, 0.2) is 181 Å². The number of ketones is 1. The number of halogens is 4. The van der Waals surface area contributed by atoms with Crippen LogP contribution in [0.3, 0.4) is 0 Å². The van der Waals surface area contributed by atoms with Gasteiger partial charge in [-0.25, -0.2) is 43.5 Å². The minimum Gasteiger partial charge on any atom is -0.512 e. The number of hydrogen-bond acceptors (Lipinski definition) is 21. The molecule has 4 aromatic carbocycles. The molecule has 105 heavy (non-hydrogen) atoms. The number of aliphatic hydroxyl groups is 1. The summed E-state index contributed by atoms with van der Waals surface area (Å²) in [6.45, 7) is 20.1. The number of benzene rings is 4. The van der Waals surface area contributed by atoms with Crippen LogP contribution in [0.25, 0.3) is 22.4 Å². The van der Waals surface area contributed by atoms with Gasteiger partial charge in [-0.1, -0.05) is 120 Å². The lowest BCUT2D eigenvalue weighted by molar-refractivity contribution is -0.139. The summed E-state index contributed by atoms with van der Waals surface area (Å²) in [5.74, 6) is 0.443. The maximum Gasteiger partial charge on any atom is 0.338 e. The first kappa shape index (κ1) is 74.2. The number of hydrogen-bond donors (Lipinski definition) is 3. The molecule has 3 N–H and O–H groups in total. The van der Waals surface area contributed by atoms with Crippen molar-refractivity contribution in [2.24, 2.45) is 15.4 Å². The number of methoxy groups -OCH3 is 1. The highest BCUT2D eigenvalue weighted by atomic mass is 79.9. The third-order valence-corrected chi connectivity index (χ3v) is 23.5. The average Bonchev–Trinajstić information content (AvgIpc) is 1.32. The normalized spacial score (nSPS) is 19.3. The van der Waals surface area contributed by atoms with Crippen LogP contribution in [-0.2, 0) is 35.7 Å². The number of amides is 4. The summed E-state index contributed by atoms with van der Waals surface area (Å²) in [6, 6.07) is 27.5. The number of allylic oxidation sites excluding steroid dienone is 1. The van der Waals surface area contributed by atoms with Crippen molar-refractivity contribution in [2.75, 3.05) is 89.0 Å². The fourth-order valence-electron chi connectivity index (χ4n) is 13.6. The van der Waals surface area contributed by atoms with E-state index in [1.807, 2.05) is 114 Å². The van der Waals surface area contributed by atoms with E-state index in [1.54, 1.807) is 66.5 Å². The number of aliphatic hydroxyl groups excluding tert-OH is 1. The van der Waals surface area contributed by atoms with Gasteiger partial charge in [-0.2, -0.15) is 0 Å². The van der Waals surface area contributed by atoms with Crippen LogP contribution < -0.4 is 20.4 Å². The van der Waals surface area contributed by atoms with Gasteiger partial charge in [0.1, 0.15) is 29.5 Å². The lowest BCUT2D eigenvalue weighted by Crippen LogP contribution is -2.53. The molecule has 22 nitrogen and oxygen atoms in total. The van der Waals surface area contributed by atoms with Crippen LogP contribution in [0.1, 0.15) is 85.9 Å². The van der Waals surface area contributed by atoms with Crippen molar-refractivity contribution in [2.45, 2.75) is 77.5 Å². The van der Waals surface area contributed by atoms with E-state index in [0.717, 1.165) is 33.5 Å². The monoisotopic (exact) mass is 1580 g/mol. The molecule has 4 aromatic heterocycles. The van der Waals surface area contributed by atoms with Crippen LogP contribution in [-0.4, -0.2) is 177 Å². The average molecular weight is 1580 g/mol.